The maximum atomic E-state index is 14.4. The van der Waals surface area contributed by atoms with Crippen molar-refractivity contribution in [3.05, 3.63) is 36.4 Å². The average Bonchev–Trinajstić information content (AvgIpc) is 4.15. The number of likely N-dealkylation sites (tertiary alicyclic amines) is 1. The molecular weight excluding hydrogens is 973 g/mol. The van der Waals surface area contributed by atoms with E-state index in [0.29, 0.717) is 24.2 Å². The Bertz CT molecular complexity index is 2180. The van der Waals surface area contributed by atoms with E-state index in [1.165, 1.54) is 29.9 Å². The van der Waals surface area contributed by atoms with E-state index in [4.69, 9.17) is 17.2 Å². The highest BCUT2D eigenvalue weighted by atomic mass is 32.1. The van der Waals surface area contributed by atoms with Gasteiger partial charge in [-0.2, -0.15) is 25.3 Å². The van der Waals surface area contributed by atoms with Crippen molar-refractivity contribution in [3.63, 3.8) is 0 Å². The standard InChI is InChI=1S/C41H64N16O12S2/c1-3-20(2)32(56-33(61)23(42)16-70)39(67)57-9-5-7-29(57)38(66)55-26(11-22-14-46-19-50-22)36(64)52-24(6-4-8-47-41(43)44)35(63)53-25(10-21-13-45-18-49-21)37(65)54-27(12-31(59)60)34(62)48-15-30(58)51-28(17-71)40(68)69/h13-14,18-20,23-29,32,70-71H,3-12,15-17,42H2,1-2H3,(H,45,49)(H,46,50)(H,48,62)(H,51,58)(H,52,64)(H,53,63)(H,54,65)(H,55,66)(H,56,61)(H,59,60)(H,68,69)(H4,43,44,47)/t20-,23-,24-,25-,26-,27-,28-,29-,32-/m0/s1. The third-order valence-electron chi connectivity index (χ3n) is 11.2. The molecule has 0 bridgehead atoms. The molecule has 30 heteroatoms. The fourth-order valence-corrected chi connectivity index (χ4v) is 7.53. The third kappa shape index (κ3) is 19.1. The molecule has 9 atom stereocenters. The summed E-state index contributed by atoms with van der Waals surface area (Å²) in [5.41, 5.74) is 17.6. The smallest absolute Gasteiger partial charge is 0.327 e. The Labute approximate surface area is 418 Å². The number of guanidine groups is 1. The predicted octanol–water partition coefficient (Wildman–Crippen LogP) is -5.22. The lowest BCUT2D eigenvalue weighted by atomic mass is 9.97. The zero-order valence-corrected chi connectivity index (χ0v) is 40.9. The summed E-state index contributed by atoms with van der Waals surface area (Å²) < 4.78 is 0. The molecule has 28 nitrogen and oxygen atoms in total. The van der Waals surface area contributed by atoms with Crippen molar-refractivity contribution < 1.29 is 58.2 Å². The largest absolute Gasteiger partial charge is 0.481 e. The molecule has 0 spiro atoms. The molecule has 1 aliphatic heterocycles. The molecule has 3 heterocycles. The van der Waals surface area contributed by atoms with E-state index >= 15 is 0 Å². The molecule has 0 aliphatic carbocycles. The van der Waals surface area contributed by atoms with Crippen LogP contribution in [-0.2, 0) is 60.8 Å². The number of nitrogens with zero attached hydrogens (tertiary/aromatic N) is 4. The Morgan fingerprint density at radius 3 is 1.89 bits per heavy atom. The molecule has 2 aromatic rings. The minimum atomic E-state index is -1.82. The zero-order chi connectivity index (χ0) is 52.8. The number of nitrogens with two attached hydrogens (primary N) is 3. The summed E-state index contributed by atoms with van der Waals surface area (Å²) in [6, 6.07) is -10.7. The van der Waals surface area contributed by atoms with Gasteiger partial charge < -0.3 is 79.5 Å². The Morgan fingerprint density at radius 1 is 0.789 bits per heavy atom. The van der Waals surface area contributed by atoms with Crippen molar-refractivity contribution >= 4 is 90.4 Å². The SMILES string of the molecule is CC[C@H](C)[C@H](NC(=O)[C@@H](N)CS)C(=O)N1CCC[C@H]1C(=O)N[C@@H](Cc1cnc[nH]1)C(=O)N[C@@H](CCCN=C(N)N)C(=O)N[C@@H](Cc1cnc[nH]1)C(=O)N[C@@H](CC(=O)O)C(=O)NCC(=O)N[C@@H](CS)C(=O)O. The number of hydrogen-bond acceptors (Lipinski definition) is 16. The summed E-state index contributed by atoms with van der Waals surface area (Å²) in [5, 5.41) is 35.9. The fourth-order valence-electron chi connectivity index (χ4n) is 7.12. The van der Waals surface area contributed by atoms with Gasteiger partial charge in [-0.1, -0.05) is 20.3 Å². The highest BCUT2D eigenvalue weighted by molar-refractivity contribution is 7.80. The van der Waals surface area contributed by atoms with Gasteiger partial charge in [0.2, 0.25) is 47.3 Å². The highest BCUT2D eigenvalue weighted by Crippen LogP contribution is 2.22. The quantitative estimate of drug-likeness (QED) is 0.0150. The first kappa shape index (κ1) is 58.4. The number of aromatic nitrogens is 4. The number of amides is 8. The average molecular weight is 1040 g/mol. The third-order valence-corrected chi connectivity index (χ3v) is 12.0. The number of nitrogens with one attached hydrogen (secondary N) is 9. The second kappa shape index (κ2) is 29.3. The van der Waals surface area contributed by atoms with Crippen LogP contribution in [0.4, 0.5) is 0 Å². The molecule has 0 saturated carbocycles. The number of imidazole rings is 2. The van der Waals surface area contributed by atoms with Gasteiger partial charge in [0.15, 0.2) is 5.96 Å². The molecule has 71 heavy (non-hydrogen) atoms. The first-order valence-electron chi connectivity index (χ1n) is 22.5. The molecule has 3 rings (SSSR count). The molecule has 0 radical (unpaired) electrons. The van der Waals surface area contributed by atoms with Crippen LogP contribution in [-0.4, -0.2) is 180 Å². The molecular formula is C41H64N16O12S2. The van der Waals surface area contributed by atoms with E-state index in [0.717, 1.165) is 0 Å². The monoisotopic (exact) mass is 1040 g/mol. The summed E-state index contributed by atoms with van der Waals surface area (Å²) in [6.07, 6.45) is 4.98. The van der Waals surface area contributed by atoms with Crippen LogP contribution < -0.4 is 54.4 Å². The lowest BCUT2D eigenvalue weighted by Gasteiger charge is -2.32. The first-order chi connectivity index (χ1) is 33.7. The Kier molecular flexibility index (Phi) is 24.1. The van der Waals surface area contributed by atoms with Crippen LogP contribution in [0.2, 0.25) is 0 Å². The number of carbonyl (C=O) groups excluding carboxylic acids is 8. The van der Waals surface area contributed by atoms with Gasteiger partial charge in [0, 0.05) is 61.2 Å². The number of carboxylic acids is 2. The van der Waals surface area contributed by atoms with E-state index < -0.39 is 120 Å². The van der Waals surface area contributed by atoms with Crippen LogP contribution >= 0.6 is 25.3 Å². The number of thiol groups is 2. The highest BCUT2D eigenvalue weighted by Gasteiger charge is 2.41. The van der Waals surface area contributed by atoms with Gasteiger partial charge in [0.25, 0.3) is 0 Å². The van der Waals surface area contributed by atoms with Crippen molar-refractivity contribution in [2.45, 2.75) is 114 Å². The van der Waals surface area contributed by atoms with Gasteiger partial charge in [0.05, 0.1) is 31.7 Å². The number of aliphatic carboxylic acids is 2. The normalized spacial score (nSPS) is 16.5. The minimum absolute atomic E-state index is 0.00577. The van der Waals surface area contributed by atoms with Gasteiger partial charge in [-0.3, -0.25) is 48.1 Å². The lowest BCUT2D eigenvalue weighted by molar-refractivity contribution is -0.143. The molecule has 1 aliphatic rings. The number of carboxylic acid groups (broad SMARTS) is 2. The molecule has 1 saturated heterocycles. The number of rotatable bonds is 30. The Balaban J connectivity index is 1.91. The molecule has 0 aromatic carbocycles. The molecule has 17 N–H and O–H groups in total. The number of aromatic amines is 2. The molecule has 392 valence electrons. The van der Waals surface area contributed by atoms with Crippen molar-refractivity contribution in [3.8, 4) is 0 Å². The van der Waals surface area contributed by atoms with Crippen molar-refractivity contribution in [1.29, 1.82) is 0 Å². The van der Waals surface area contributed by atoms with Crippen LogP contribution in [0.15, 0.2) is 30.0 Å². The minimum Gasteiger partial charge on any atom is -0.481 e. The maximum absolute atomic E-state index is 14.4. The Morgan fingerprint density at radius 2 is 1.37 bits per heavy atom. The number of H-pyrrole nitrogens is 2. The maximum Gasteiger partial charge on any atom is 0.327 e. The van der Waals surface area contributed by atoms with Crippen LogP contribution in [0.1, 0.15) is 63.8 Å². The number of hydrogen-bond donors (Lipinski definition) is 16. The van der Waals surface area contributed by atoms with E-state index in [9.17, 15) is 58.2 Å². The first-order valence-corrected chi connectivity index (χ1v) is 23.8. The van der Waals surface area contributed by atoms with Crippen LogP contribution in [0, 0.1) is 5.92 Å². The van der Waals surface area contributed by atoms with Crippen LogP contribution in [0.5, 0.6) is 0 Å². The molecule has 2 aromatic heterocycles. The fraction of sp³-hybridized carbons (Fsp3) is 0.585. The van der Waals surface area contributed by atoms with E-state index in [1.54, 1.807) is 6.92 Å². The van der Waals surface area contributed by atoms with Gasteiger partial charge in [-0.25, -0.2) is 14.8 Å². The second-order valence-corrected chi connectivity index (χ2v) is 17.3. The van der Waals surface area contributed by atoms with E-state index in [2.05, 4.69) is 87.4 Å². The second-order valence-electron chi connectivity index (χ2n) is 16.6. The van der Waals surface area contributed by atoms with Gasteiger partial charge in [0.1, 0.15) is 42.3 Å². The summed E-state index contributed by atoms with van der Waals surface area (Å²) in [6.45, 7) is 2.97. The summed E-state index contributed by atoms with van der Waals surface area (Å²) in [7, 11) is 0. The zero-order valence-electron chi connectivity index (χ0n) is 39.1. The van der Waals surface area contributed by atoms with Gasteiger partial charge in [-0.05, 0) is 31.6 Å². The van der Waals surface area contributed by atoms with E-state index in [1.807, 2.05) is 6.92 Å². The van der Waals surface area contributed by atoms with Gasteiger partial charge in [-0.15, -0.1) is 0 Å². The summed E-state index contributed by atoms with van der Waals surface area (Å²) in [5.74, 6) is -10.6. The molecule has 0 unspecified atom stereocenters. The van der Waals surface area contributed by atoms with Crippen LogP contribution in [0.3, 0.4) is 0 Å². The van der Waals surface area contributed by atoms with Crippen molar-refractivity contribution in [2.75, 3.05) is 31.1 Å². The predicted molar refractivity (Wildman–Crippen MR) is 259 cm³/mol. The number of carbonyl (C=O) groups is 10. The Hall–Kier alpha value is -6.95. The summed E-state index contributed by atoms with van der Waals surface area (Å²) >= 11 is 7.93. The summed E-state index contributed by atoms with van der Waals surface area (Å²) in [4.78, 5) is 151. The van der Waals surface area contributed by atoms with Crippen LogP contribution in [0.25, 0.3) is 0 Å². The van der Waals surface area contributed by atoms with Gasteiger partial charge >= 0.3 is 11.9 Å². The molecule has 8 amide bonds. The van der Waals surface area contributed by atoms with Crippen molar-refractivity contribution in [1.82, 2.24) is 62.1 Å². The molecule has 1 fully saturated rings. The topological polar surface area (TPSA) is 446 Å². The number of aliphatic imine (C=N–C) groups is 1. The van der Waals surface area contributed by atoms with E-state index in [-0.39, 0.29) is 68.6 Å². The lowest BCUT2D eigenvalue weighted by Crippen LogP contribution is -2.61. The van der Waals surface area contributed by atoms with Crippen molar-refractivity contribution in [2.24, 2.45) is 28.1 Å².